The number of rotatable bonds is 6. The van der Waals surface area contributed by atoms with Gasteiger partial charge in [-0.1, -0.05) is 24.9 Å². The minimum atomic E-state index is -0.553. The molecule has 1 aromatic carbocycles. The summed E-state index contributed by atoms with van der Waals surface area (Å²) in [6.07, 6.45) is 1.79. The molecular formula is C17H19ClO5. The van der Waals surface area contributed by atoms with Crippen molar-refractivity contribution < 1.29 is 18.7 Å². The Morgan fingerprint density at radius 1 is 1.35 bits per heavy atom. The predicted molar refractivity (Wildman–Crippen MR) is 88.4 cm³/mol. The molecule has 0 aliphatic carbocycles. The summed E-state index contributed by atoms with van der Waals surface area (Å²) < 4.78 is 15.5. The molecule has 1 aromatic heterocycles. The fraction of sp³-hybridized carbons (Fsp3) is 0.412. The molecule has 5 nitrogen and oxygen atoms in total. The Balaban J connectivity index is 2.48. The van der Waals surface area contributed by atoms with Gasteiger partial charge in [0, 0.05) is 11.5 Å². The molecule has 0 saturated heterocycles. The van der Waals surface area contributed by atoms with Crippen molar-refractivity contribution in [3.63, 3.8) is 0 Å². The van der Waals surface area contributed by atoms with Gasteiger partial charge in [0.15, 0.2) is 0 Å². The van der Waals surface area contributed by atoms with Gasteiger partial charge in [-0.2, -0.15) is 0 Å². The molecule has 124 valence electrons. The number of fused-ring (bicyclic) bond motifs is 1. The van der Waals surface area contributed by atoms with E-state index in [0.717, 1.165) is 12.8 Å². The average Bonchev–Trinajstić information content (AvgIpc) is 2.53. The van der Waals surface area contributed by atoms with E-state index in [1.165, 1.54) is 7.11 Å². The summed E-state index contributed by atoms with van der Waals surface area (Å²) in [7, 11) is 1.27. The summed E-state index contributed by atoms with van der Waals surface area (Å²) in [6.45, 7) is 4.37. The van der Waals surface area contributed by atoms with Crippen molar-refractivity contribution in [2.75, 3.05) is 13.7 Å². The molecule has 23 heavy (non-hydrogen) atoms. The van der Waals surface area contributed by atoms with Gasteiger partial charge in [0.1, 0.15) is 11.3 Å². The van der Waals surface area contributed by atoms with Crippen LogP contribution in [0.25, 0.3) is 11.0 Å². The van der Waals surface area contributed by atoms with Crippen molar-refractivity contribution >= 4 is 28.5 Å². The van der Waals surface area contributed by atoms with Crippen LogP contribution >= 0.6 is 11.6 Å². The van der Waals surface area contributed by atoms with Gasteiger partial charge in [-0.15, -0.1) is 0 Å². The van der Waals surface area contributed by atoms with Crippen LogP contribution in [0.2, 0.25) is 5.02 Å². The summed E-state index contributed by atoms with van der Waals surface area (Å²) in [4.78, 5) is 23.6. The van der Waals surface area contributed by atoms with Crippen molar-refractivity contribution in [1.82, 2.24) is 0 Å². The molecule has 0 aliphatic heterocycles. The second kappa shape index (κ2) is 7.51. The lowest BCUT2D eigenvalue weighted by Crippen LogP contribution is -2.16. The number of esters is 1. The number of halogens is 1. The highest BCUT2D eigenvalue weighted by atomic mass is 35.5. The number of ether oxygens (including phenoxy) is 2. The second-order valence-electron chi connectivity index (χ2n) is 5.23. The van der Waals surface area contributed by atoms with Crippen molar-refractivity contribution in [3.05, 3.63) is 38.7 Å². The SMILES string of the molecule is CCCCOc1cc2oc(=O)c(CC(=O)OC)c(C)c2cc1Cl. The standard InChI is InChI=1S/C17H19ClO5/c1-4-5-6-22-15-9-14-11(7-13(15)18)10(2)12(17(20)23-14)8-16(19)21-3/h7,9H,4-6,8H2,1-3H3. The molecule has 0 N–H and O–H groups in total. The van der Waals surface area contributed by atoms with Crippen LogP contribution in [0.4, 0.5) is 0 Å². The van der Waals surface area contributed by atoms with E-state index in [4.69, 9.17) is 20.8 Å². The Bertz CT molecular complexity index is 779. The second-order valence-corrected chi connectivity index (χ2v) is 5.63. The van der Waals surface area contributed by atoms with E-state index in [1.807, 2.05) is 0 Å². The largest absolute Gasteiger partial charge is 0.492 e. The van der Waals surface area contributed by atoms with Crippen LogP contribution in [0.3, 0.4) is 0 Å². The molecular weight excluding hydrogens is 320 g/mol. The Labute approximate surface area is 139 Å². The lowest BCUT2D eigenvalue weighted by atomic mass is 10.0. The van der Waals surface area contributed by atoms with Crippen LogP contribution in [-0.2, 0) is 16.0 Å². The number of benzene rings is 1. The predicted octanol–water partition coefficient (Wildman–Crippen LogP) is 3.65. The van der Waals surface area contributed by atoms with Crippen molar-refractivity contribution in [2.45, 2.75) is 33.1 Å². The van der Waals surface area contributed by atoms with Crippen LogP contribution in [0.1, 0.15) is 30.9 Å². The fourth-order valence-electron chi connectivity index (χ4n) is 2.25. The van der Waals surface area contributed by atoms with Gasteiger partial charge >= 0.3 is 11.6 Å². The zero-order valence-electron chi connectivity index (χ0n) is 13.4. The Kier molecular flexibility index (Phi) is 5.66. The monoisotopic (exact) mass is 338 g/mol. The maximum Gasteiger partial charge on any atom is 0.340 e. The minimum Gasteiger partial charge on any atom is -0.492 e. The molecule has 0 amide bonds. The lowest BCUT2D eigenvalue weighted by molar-refractivity contribution is -0.139. The molecule has 1 heterocycles. The van der Waals surface area contributed by atoms with Crippen LogP contribution in [-0.4, -0.2) is 19.7 Å². The third kappa shape index (κ3) is 3.85. The zero-order valence-corrected chi connectivity index (χ0v) is 14.2. The summed E-state index contributed by atoms with van der Waals surface area (Å²) in [5, 5.41) is 1.12. The molecule has 0 unspecified atom stereocenters. The van der Waals surface area contributed by atoms with E-state index in [-0.39, 0.29) is 12.0 Å². The van der Waals surface area contributed by atoms with E-state index in [1.54, 1.807) is 19.1 Å². The van der Waals surface area contributed by atoms with Crippen molar-refractivity contribution in [2.24, 2.45) is 0 Å². The summed E-state index contributed by atoms with van der Waals surface area (Å²) in [6, 6.07) is 3.31. The molecule has 0 radical (unpaired) electrons. The van der Waals surface area contributed by atoms with Gasteiger partial charge < -0.3 is 13.9 Å². The van der Waals surface area contributed by atoms with Crippen LogP contribution in [0.5, 0.6) is 5.75 Å². The summed E-state index contributed by atoms with van der Waals surface area (Å²) in [5.41, 5.74) is 0.767. The highest BCUT2D eigenvalue weighted by Gasteiger charge is 2.17. The van der Waals surface area contributed by atoms with E-state index in [0.29, 0.717) is 33.9 Å². The van der Waals surface area contributed by atoms with Gasteiger partial charge in [0.2, 0.25) is 0 Å². The molecule has 0 spiro atoms. The van der Waals surface area contributed by atoms with E-state index in [2.05, 4.69) is 11.7 Å². The molecule has 6 heteroatoms. The Morgan fingerprint density at radius 3 is 2.74 bits per heavy atom. The number of methoxy groups -OCH3 is 1. The first-order valence-corrected chi connectivity index (χ1v) is 7.81. The Morgan fingerprint density at radius 2 is 2.09 bits per heavy atom. The number of unbranched alkanes of at least 4 members (excludes halogenated alkanes) is 1. The minimum absolute atomic E-state index is 0.132. The molecule has 2 aromatic rings. The highest BCUT2D eigenvalue weighted by molar-refractivity contribution is 6.32. The van der Waals surface area contributed by atoms with E-state index >= 15 is 0 Å². The first-order valence-electron chi connectivity index (χ1n) is 7.43. The third-order valence-corrected chi connectivity index (χ3v) is 3.94. The quantitative estimate of drug-likeness (QED) is 0.457. The number of hydrogen-bond acceptors (Lipinski definition) is 5. The van der Waals surface area contributed by atoms with Crippen LogP contribution < -0.4 is 10.4 Å². The first kappa shape index (κ1) is 17.3. The topological polar surface area (TPSA) is 65.7 Å². The maximum absolute atomic E-state index is 12.1. The van der Waals surface area contributed by atoms with Crippen molar-refractivity contribution in [3.8, 4) is 5.75 Å². The lowest BCUT2D eigenvalue weighted by Gasteiger charge is -2.11. The molecule has 0 saturated carbocycles. The van der Waals surface area contributed by atoms with Crippen LogP contribution in [0.15, 0.2) is 21.3 Å². The Hall–Kier alpha value is -2.01. The number of aryl methyl sites for hydroxylation is 1. The highest BCUT2D eigenvalue weighted by Crippen LogP contribution is 2.32. The summed E-state index contributed by atoms with van der Waals surface area (Å²) in [5.74, 6) is -0.0127. The van der Waals surface area contributed by atoms with Gasteiger partial charge in [0.25, 0.3) is 0 Å². The van der Waals surface area contributed by atoms with Crippen molar-refractivity contribution in [1.29, 1.82) is 0 Å². The number of carbonyl (C=O) groups is 1. The zero-order chi connectivity index (χ0) is 17.0. The van der Waals surface area contributed by atoms with E-state index < -0.39 is 11.6 Å². The third-order valence-electron chi connectivity index (χ3n) is 3.64. The number of carbonyl (C=O) groups excluding carboxylic acids is 1. The van der Waals surface area contributed by atoms with Crippen LogP contribution in [0, 0.1) is 6.92 Å². The molecule has 0 fully saturated rings. The maximum atomic E-state index is 12.1. The fourth-order valence-corrected chi connectivity index (χ4v) is 2.47. The van der Waals surface area contributed by atoms with Gasteiger partial charge in [-0.05, 0) is 25.0 Å². The summed E-state index contributed by atoms with van der Waals surface area (Å²) >= 11 is 6.24. The smallest absolute Gasteiger partial charge is 0.340 e. The normalized spacial score (nSPS) is 10.8. The van der Waals surface area contributed by atoms with Gasteiger partial charge in [-0.3, -0.25) is 4.79 Å². The molecule has 2 rings (SSSR count). The van der Waals surface area contributed by atoms with Gasteiger partial charge in [0.05, 0.1) is 30.7 Å². The molecule has 0 bridgehead atoms. The molecule has 0 aliphatic rings. The number of hydrogen-bond donors (Lipinski definition) is 0. The average molecular weight is 339 g/mol. The van der Waals surface area contributed by atoms with E-state index in [9.17, 15) is 9.59 Å². The van der Waals surface area contributed by atoms with Gasteiger partial charge in [-0.25, -0.2) is 4.79 Å². The molecule has 0 atom stereocenters. The first-order chi connectivity index (χ1) is 11.0.